The van der Waals surface area contributed by atoms with E-state index >= 15 is 0 Å². The molecule has 0 fully saturated rings. The van der Waals surface area contributed by atoms with E-state index in [4.69, 9.17) is 5.84 Å². The minimum Gasteiger partial charge on any atom is -0.271 e. The third kappa shape index (κ3) is 11.1. The van der Waals surface area contributed by atoms with Gasteiger partial charge in [-0.05, 0) is 39.3 Å². The van der Waals surface area contributed by atoms with Crippen molar-refractivity contribution in [2.45, 2.75) is 33.2 Å². The predicted octanol–water partition coefficient (Wildman–Crippen LogP) is 2.85. The fourth-order valence-corrected chi connectivity index (χ4v) is 0.258. The number of nitrogens with one attached hydrogen (secondary N) is 1. The molecule has 82 valence electrons. The van der Waals surface area contributed by atoms with E-state index in [1.165, 1.54) is 6.08 Å². The summed E-state index contributed by atoms with van der Waals surface area (Å²) in [6, 6.07) is 0. The van der Waals surface area contributed by atoms with Gasteiger partial charge in [-0.2, -0.15) is 0 Å². The van der Waals surface area contributed by atoms with Crippen molar-refractivity contribution in [2.75, 3.05) is 0 Å². The summed E-state index contributed by atoms with van der Waals surface area (Å²) in [5.41, 5.74) is 3.20. The smallest absolute Gasteiger partial charge is 0.125 e. The molecule has 0 bridgehead atoms. The number of hydrazine groups is 1. The van der Waals surface area contributed by atoms with Crippen molar-refractivity contribution < 1.29 is 4.39 Å². The molecule has 3 heteroatoms. The zero-order valence-electron chi connectivity index (χ0n) is 9.52. The van der Waals surface area contributed by atoms with Crippen LogP contribution in [0.5, 0.6) is 0 Å². The Morgan fingerprint density at radius 2 is 1.64 bits per heavy atom. The van der Waals surface area contributed by atoms with Gasteiger partial charge in [0.1, 0.15) is 5.83 Å². The van der Waals surface area contributed by atoms with Crippen molar-refractivity contribution in [3.05, 3.63) is 36.7 Å². The summed E-state index contributed by atoms with van der Waals surface area (Å²) in [4.78, 5) is 0. The van der Waals surface area contributed by atoms with Gasteiger partial charge in [0, 0.05) is 5.54 Å². The van der Waals surface area contributed by atoms with Gasteiger partial charge in [-0.25, -0.2) is 4.39 Å². The van der Waals surface area contributed by atoms with Crippen LogP contribution >= 0.6 is 0 Å². The molecule has 0 aromatic rings. The molecule has 0 saturated carbocycles. The lowest BCUT2D eigenvalue weighted by Gasteiger charge is -2.14. The van der Waals surface area contributed by atoms with E-state index in [0.717, 1.165) is 6.08 Å². The molecule has 0 aliphatic rings. The highest BCUT2D eigenvalue weighted by Crippen LogP contribution is 2.05. The van der Waals surface area contributed by atoms with Crippen molar-refractivity contribution in [1.82, 2.24) is 5.43 Å². The maximum absolute atomic E-state index is 12.2. The zero-order valence-corrected chi connectivity index (χ0v) is 9.52. The third-order valence-electron chi connectivity index (χ3n) is 1.30. The molecule has 0 aliphatic heterocycles. The molecule has 0 aliphatic carbocycles. The molecule has 0 rings (SSSR count). The molecular formula is C11H21FN2. The van der Waals surface area contributed by atoms with Crippen molar-refractivity contribution in [3.8, 4) is 0 Å². The average Bonchev–Trinajstić information content (AvgIpc) is 2.15. The lowest BCUT2D eigenvalue weighted by molar-refractivity contribution is 0.438. The monoisotopic (exact) mass is 200 g/mol. The number of allylic oxidation sites excluding steroid dienone is 4. The minimum atomic E-state index is -0.306. The number of hydrogen-bond donors (Lipinski definition) is 2. The molecule has 0 aromatic heterocycles. The Kier molecular flexibility index (Phi) is 8.29. The first-order valence-electron chi connectivity index (χ1n) is 4.37. The topological polar surface area (TPSA) is 38.0 Å². The Bertz CT molecular complexity index is 196. The van der Waals surface area contributed by atoms with Crippen molar-refractivity contribution in [3.63, 3.8) is 0 Å². The molecule has 0 radical (unpaired) electrons. The Morgan fingerprint density at radius 1 is 1.29 bits per heavy atom. The van der Waals surface area contributed by atoms with E-state index in [1.807, 2.05) is 20.8 Å². The van der Waals surface area contributed by atoms with Crippen LogP contribution in [0.15, 0.2) is 36.7 Å². The Hall–Kier alpha value is -0.930. The fourth-order valence-electron chi connectivity index (χ4n) is 0.258. The van der Waals surface area contributed by atoms with Crippen molar-refractivity contribution in [1.29, 1.82) is 0 Å². The van der Waals surface area contributed by atoms with Crippen molar-refractivity contribution in [2.24, 2.45) is 5.84 Å². The molecule has 0 saturated heterocycles. The number of hydrogen-bond acceptors (Lipinski definition) is 2. The van der Waals surface area contributed by atoms with Gasteiger partial charge in [0.2, 0.25) is 0 Å². The number of rotatable bonds is 2. The first kappa shape index (κ1) is 15.5. The van der Waals surface area contributed by atoms with Crippen LogP contribution < -0.4 is 11.3 Å². The van der Waals surface area contributed by atoms with Crippen LogP contribution in [0.25, 0.3) is 0 Å². The molecule has 0 atom stereocenters. The molecule has 0 amide bonds. The standard InChI is InChI=1S/C7H9F.C4H12N2/c1-4-6(3)7(8)5-2;1-4(2,3)6-5/h4-5H,1-2H2,3H3;6H,5H2,1-3H3/b7-6+;. The summed E-state index contributed by atoms with van der Waals surface area (Å²) in [5, 5.41) is 0. The normalized spacial score (nSPS) is 12.1. The minimum absolute atomic E-state index is 0.0694. The summed E-state index contributed by atoms with van der Waals surface area (Å²) in [6.07, 6.45) is 2.62. The first-order chi connectivity index (χ1) is 6.28. The van der Waals surface area contributed by atoms with Crippen LogP contribution in [0.1, 0.15) is 27.7 Å². The van der Waals surface area contributed by atoms with E-state index in [9.17, 15) is 4.39 Å². The van der Waals surface area contributed by atoms with Crippen LogP contribution in [0.4, 0.5) is 4.39 Å². The van der Waals surface area contributed by atoms with Crippen LogP contribution in [0.3, 0.4) is 0 Å². The second kappa shape index (κ2) is 7.47. The van der Waals surface area contributed by atoms with Crippen LogP contribution in [0.2, 0.25) is 0 Å². The van der Waals surface area contributed by atoms with Gasteiger partial charge in [0.15, 0.2) is 0 Å². The zero-order chi connectivity index (χ0) is 11.8. The highest BCUT2D eigenvalue weighted by molar-refractivity contribution is 5.23. The van der Waals surface area contributed by atoms with Gasteiger partial charge in [-0.3, -0.25) is 11.3 Å². The third-order valence-corrected chi connectivity index (χ3v) is 1.30. The molecule has 0 spiro atoms. The maximum Gasteiger partial charge on any atom is 0.125 e. The van der Waals surface area contributed by atoms with E-state index in [2.05, 4.69) is 18.6 Å². The quantitative estimate of drug-likeness (QED) is 0.408. The van der Waals surface area contributed by atoms with Crippen molar-refractivity contribution >= 4 is 0 Å². The summed E-state index contributed by atoms with van der Waals surface area (Å²) in [6.45, 7) is 14.3. The molecule has 0 aromatic carbocycles. The van der Waals surface area contributed by atoms with E-state index < -0.39 is 0 Å². The first-order valence-corrected chi connectivity index (χ1v) is 4.37. The Labute approximate surface area is 86.4 Å². The highest BCUT2D eigenvalue weighted by atomic mass is 19.1. The fraction of sp³-hybridized carbons (Fsp3) is 0.455. The van der Waals surface area contributed by atoms with E-state index in [0.29, 0.717) is 5.57 Å². The van der Waals surface area contributed by atoms with Crippen LogP contribution in [0, 0.1) is 0 Å². The lowest BCUT2D eigenvalue weighted by atomic mass is 10.1. The number of nitrogens with two attached hydrogens (primary N) is 1. The largest absolute Gasteiger partial charge is 0.271 e. The van der Waals surface area contributed by atoms with Crippen LogP contribution in [-0.4, -0.2) is 5.54 Å². The second-order valence-corrected chi connectivity index (χ2v) is 3.83. The summed E-state index contributed by atoms with van der Waals surface area (Å²) in [7, 11) is 0. The van der Waals surface area contributed by atoms with Gasteiger partial charge in [0.05, 0.1) is 0 Å². The molecule has 2 nitrogen and oxygen atoms in total. The lowest BCUT2D eigenvalue weighted by Crippen LogP contribution is -2.41. The summed E-state index contributed by atoms with van der Waals surface area (Å²) < 4.78 is 12.2. The molecule has 3 N–H and O–H groups in total. The van der Waals surface area contributed by atoms with Crippen LogP contribution in [-0.2, 0) is 0 Å². The summed E-state index contributed by atoms with van der Waals surface area (Å²) in [5.74, 6) is 4.75. The molecule has 0 heterocycles. The molecular weight excluding hydrogens is 179 g/mol. The summed E-state index contributed by atoms with van der Waals surface area (Å²) >= 11 is 0. The van der Waals surface area contributed by atoms with E-state index in [-0.39, 0.29) is 11.4 Å². The van der Waals surface area contributed by atoms with Gasteiger partial charge >= 0.3 is 0 Å². The molecule has 14 heavy (non-hydrogen) atoms. The average molecular weight is 200 g/mol. The predicted molar refractivity (Wildman–Crippen MR) is 61.3 cm³/mol. The second-order valence-electron chi connectivity index (χ2n) is 3.83. The Balaban J connectivity index is 0. The van der Waals surface area contributed by atoms with Gasteiger partial charge in [-0.15, -0.1) is 0 Å². The molecule has 0 unspecified atom stereocenters. The van der Waals surface area contributed by atoms with Gasteiger partial charge < -0.3 is 0 Å². The van der Waals surface area contributed by atoms with Gasteiger partial charge in [-0.1, -0.05) is 19.2 Å². The number of halogens is 1. The van der Waals surface area contributed by atoms with E-state index in [1.54, 1.807) is 6.92 Å². The Morgan fingerprint density at radius 3 is 1.71 bits per heavy atom. The SMILES string of the molecule is C=C/C(C)=C(/F)C=C.CC(C)(C)NN. The maximum atomic E-state index is 12.2. The van der Waals surface area contributed by atoms with Gasteiger partial charge in [0.25, 0.3) is 0 Å². The highest BCUT2D eigenvalue weighted by Gasteiger charge is 2.02.